The van der Waals surface area contributed by atoms with Gasteiger partial charge in [-0.1, -0.05) is 24.3 Å². The van der Waals surface area contributed by atoms with E-state index in [0.717, 1.165) is 11.3 Å². The van der Waals surface area contributed by atoms with Gasteiger partial charge in [0.05, 0.1) is 13.2 Å². The van der Waals surface area contributed by atoms with Crippen molar-refractivity contribution in [1.82, 2.24) is 10.2 Å². The lowest BCUT2D eigenvalue weighted by Gasteiger charge is -2.37. The lowest BCUT2D eigenvalue weighted by Crippen LogP contribution is -2.48. The molecule has 1 saturated heterocycles. The van der Waals surface area contributed by atoms with E-state index in [1.54, 1.807) is 24.1 Å². The number of para-hydroxylation sites is 1. The minimum atomic E-state index is -0.403. The van der Waals surface area contributed by atoms with Crippen LogP contribution in [0.25, 0.3) is 0 Å². The smallest absolute Gasteiger partial charge is 0.254 e. The van der Waals surface area contributed by atoms with Crippen LogP contribution in [-0.4, -0.2) is 37.6 Å². The topological polar surface area (TPSA) is 41.6 Å². The van der Waals surface area contributed by atoms with Crippen LogP contribution in [0.4, 0.5) is 4.39 Å². The lowest BCUT2D eigenvalue weighted by atomic mass is 10.0. The SMILES string of the molecule is COc1ccccc1[C@@H]1CNCCN1C(=O)c1cccc(F)c1. The first kappa shape index (κ1) is 15.5. The minimum absolute atomic E-state index is 0.143. The number of piperazine rings is 1. The van der Waals surface area contributed by atoms with Gasteiger partial charge in [0.15, 0.2) is 0 Å². The first-order chi connectivity index (χ1) is 11.2. The number of hydrogen-bond acceptors (Lipinski definition) is 3. The molecule has 23 heavy (non-hydrogen) atoms. The number of methoxy groups -OCH3 is 1. The van der Waals surface area contributed by atoms with Gasteiger partial charge in [-0.15, -0.1) is 0 Å². The number of benzene rings is 2. The van der Waals surface area contributed by atoms with Gasteiger partial charge < -0.3 is 15.0 Å². The summed E-state index contributed by atoms with van der Waals surface area (Å²) in [7, 11) is 1.62. The zero-order valence-electron chi connectivity index (χ0n) is 13.0. The van der Waals surface area contributed by atoms with Crippen LogP contribution in [0.2, 0.25) is 0 Å². The second kappa shape index (κ2) is 6.79. The van der Waals surface area contributed by atoms with Gasteiger partial charge in [-0.2, -0.15) is 0 Å². The summed E-state index contributed by atoms with van der Waals surface area (Å²) in [4.78, 5) is 14.6. The van der Waals surface area contributed by atoms with Crippen molar-refractivity contribution in [2.75, 3.05) is 26.7 Å². The van der Waals surface area contributed by atoms with Crippen molar-refractivity contribution >= 4 is 5.91 Å². The van der Waals surface area contributed by atoms with E-state index in [2.05, 4.69) is 5.32 Å². The van der Waals surface area contributed by atoms with Crippen molar-refractivity contribution in [2.45, 2.75) is 6.04 Å². The van der Waals surface area contributed by atoms with E-state index >= 15 is 0 Å². The summed E-state index contributed by atoms with van der Waals surface area (Å²) >= 11 is 0. The molecule has 0 aliphatic carbocycles. The Kier molecular flexibility index (Phi) is 4.57. The van der Waals surface area contributed by atoms with Gasteiger partial charge in [-0.05, 0) is 24.3 Å². The van der Waals surface area contributed by atoms with Crippen LogP contribution in [0.1, 0.15) is 22.0 Å². The standard InChI is InChI=1S/C18H19FN2O2/c1-23-17-8-3-2-7-15(17)16-12-20-9-10-21(16)18(22)13-5-4-6-14(19)11-13/h2-8,11,16,20H,9-10,12H2,1H3/t16-/m0/s1. The first-order valence-corrected chi connectivity index (χ1v) is 7.61. The molecule has 0 saturated carbocycles. The molecule has 2 aromatic rings. The van der Waals surface area contributed by atoms with Crippen LogP contribution >= 0.6 is 0 Å². The molecule has 2 aromatic carbocycles. The van der Waals surface area contributed by atoms with E-state index in [4.69, 9.17) is 4.74 Å². The van der Waals surface area contributed by atoms with E-state index in [1.807, 2.05) is 24.3 Å². The van der Waals surface area contributed by atoms with Crippen molar-refractivity contribution in [3.63, 3.8) is 0 Å². The number of carbonyl (C=O) groups excluding carboxylic acids is 1. The lowest BCUT2D eigenvalue weighted by molar-refractivity contribution is 0.0631. The summed E-state index contributed by atoms with van der Waals surface area (Å²) in [6, 6.07) is 13.4. The Hall–Kier alpha value is -2.40. The van der Waals surface area contributed by atoms with Crippen molar-refractivity contribution in [2.24, 2.45) is 0 Å². The third-order valence-corrected chi connectivity index (χ3v) is 4.07. The molecule has 120 valence electrons. The molecular formula is C18H19FN2O2. The molecule has 1 N–H and O–H groups in total. The zero-order chi connectivity index (χ0) is 16.2. The molecule has 0 unspecified atom stereocenters. The number of hydrogen-bond donors (Lipinski definition) is 1. The number of nitrogens with zero attached hydrogens (tertiary/aromatic N) is 1. The van der Waals surface area contributed by atoms with E-state index in [0.29, 0.717) is 25.2 Å². The molecule has 0 radical (unpaired) electrons. The summed E-state index contributed by atoms with van der Waals surface area (Å²) in [6.07, 6.45) is 0. The molecule has 1 atom stereocenters. The molecule has 1 heterocycles. The fourth-order valence-corrected chi connectivity index (χ4v) is 2.95. The molecule has 0 spiro atoms. The maximum absolute atomic E-state index is 13.4. The normalized spacial score (nSPS) is 17.8. The average Bonchev–Trinajstić information content (AvgIpc) is 2.61. The highest BCUT2D eigenvalue weighted by Gasteiger charge is 2.30. The van der Waals surface area contributed by atoms with Crippen LogP contribution in [0, 0.1) is 5.82 Å². The fraction of sp³-hybridized carbons (Fsp3) is 0.278. The third-order valence-electron chi connectivity index (χ3n) is 4.07. The molecular weight excluding hydrogens is 295 g/mol. The van der Waals surface area contributed by atoms with Gasteiger partial charge in [-0.3, -0.25) is 4.79 Å². The van der Waals surface area contributed by atoms with Crippen molar-refractivity contribution in [3.05, 3.63) is 65.5 Å². The summed E-state index contributed by atoms with van der Waals surface area (Å²) in [6.45, 7) is 1.92. The van der Waals surface area contributed by atoms with Crippen molar-refractivity contribution in [1.29, 1.82) is 0 Å². The van der Waals surface area contributed by atoms with Gasteiger partial charge in [0, 0.05) is 30.8 Å². The van der Waals surface area contributed by atoms with Crippen molar-refractivity contribution < 1.29 is 13.9 Å². The van der Waals surface area contributed by atoms with Gasteiger partial charge >= 0.3 is 0 Å². The molecule has 3 rings (SSSR count). The Labute approximate surface area is 134 Å². The van der Waals surface area contributed by atoms with Gasteiger partial charge in [0.2, 0.25) is 0 Å². The Bertz CT molecular complexity index is 705. The van der Waals surface area contributed by atoms with E-state index in [1.165, 1.54) is 12.1 Å². The number of nitrogens with one attached hydrogen (secondary N) is 1. The monoisotopic (exact) mass is 314 g/mol. The number of rotatable bonds is 3. The Morgan fingerprint density at radius 3 is 2.87 bits per heavy atom. The molecule has 1 aliphatic heterocycles. The predicted octanol–water partition coefficient (Wildman–Crippen LogP) is 2.62. The summed E-state index contributed by atoms with van der Waals surface area (Å²) in [5, 5.41) is 3.31. The molecule has 1 aliphatic rings. The van der Waals surface area contributed by atoms with E-state index in [-0.39, 0.29) is 11.9 Å². The van der Waals surface area contributed by atoms with E-state index < -0.39 is 5.82 Å². The van der Waals surface area contributed by atoms with E-state index in [9.17, 15) is 9.18 Å². The third kappa shape index (κ3) is 3.19. The molecule has 1 amide bonds. The van der Waals surface area contributed by atoms with Gasteiger partial charge in [0.25, 0.3) is 5.91 Å². The summed E-state index contributed by atoms with van der Waals surface area (Å²) < 4.78 is 18.9. The second-order valence-corrected chi connectivity index (χ2v) is 5.47. The maximum Gasteiger partial charge on any atom is 0.254 e. The van der Waals surface area contributed by atoms with Crippen molar-refractivity contribution in [3.8, 4) is 5.75 Å². The molecule has 0 bridgehead atoms. The van der Waals surface area contributed by atoms with Gasteiger partial charge in [0.1, 0.15) is 11.6 Å². The second-order valence-electron chi connectivity index (χ2n) is 5.47. The predicted molar refractivity (Wildman–Crippen MR) is 86.0 cm³/mol. The Morgan fingerprint density at radius 2 is 2.09 bits per heavy atom. The highest BCUT2D eigenvalue weighted by atomic mass is 19.1. The molecule has 5 heteroatoms. The highest BCUT2D eigenvalue weighted by Crippen LogP contribution is 2.31. The molecule has 0 aromatic heterocycles. The Balaban J connectivity index is 1.94. The largest absolute Gasteiger partial charge is 0.496 e. The molecule has 4 nitrogen and oxygen atoms in total. The van der Waals surface area contributed by atoms with Crippen LogP contribution in [0.15, 0.2) is 48.5 Å². The number of ether oxygens (including phenoxy) is 1. The van der Waals surface area contributed by atoms with Crippen LogP contribution in [-0.2, 0) is 0 Å². The quantitative estimate of drug-likeness (QED) is 0.947. The Morgan fingerprint density at radius 1 is 1.26 bits per heavy atom. The van der Waals surface area contributed by atoms with Crippen LogP contribution < -0.4 is 10.1 Å². The summed E-state index contributed by atoms with van der Waals surface area (Å²) in [5.41, 5.74) is 1.32. The zero-order valence-corrected chi connectivity index (χ0v) is 13.0. The number of amides is 1. The summed E-state index contributed by atoms with van der Waals surface area (Å²) in [5.74, 6) is 0.181. The maximum atomic E-state index is 13.4. The minimum Gasteiger partial charge on any atom is -0.496 e. The fourth-order valence-electron chi connectivity index (χ4n) is 2.95. The number of halogens is 1. The number of carbonyl (C=O) groups is 1. The first-order valence-electron chi connectivity index (χ1n) is 7.61. The van der Waals surface area contributed by atoms with Crippen LogP contribution in [0.3, 0.4) is 0 Å². The van der Waals surface area contributed by atoms with Crippen LogP contribution in [0.5, 0.6) is 5.75 Å². The molecule has 1 fully saturated rings. The average molecular weight is 314 g/mol. The van der Waals surface area contributed by atoms with Gasteiger partial charge in [-0.25, -0.2) is 4.39 Å². The highest BCUT2D eigenvalue weighted by molar-refractivity contribution is 5.94.